The molecule has 2 fully saturated rings. The summed E-state index contributed by atoms with van der Waals surface area (Å²) in [6.45, 7) is 4.92. The van der Waals surface area contributed by atoms with Crippen molar-refractivity contribution in [2.45, 2.75) is 50.9 Å². The molecule has 0 spiro atoms. The van der Waals surface area contributed by atoms with Gasteiger partial charge in [-0.15, -0.1) is 23.5 Å². The van der Waals surface area contributed by atoms with Gasteiger partial charge < -0.3 is 30.2 Å². The lowest BCUT2D eigenvalue weighted by Gasteiger charge is -2.49. The van der Waals surface area contributed by atoms with Crippen molar-refractivity contribution in [3.63, 3.8) is 0 Å². The maximum atomic E-state index is 12.1. The number of β-lactam (4-membered cyclic amide) rings is 2. The van der Waals surface area contributed by atoms with Crippen LogP contribution in [0, 0.1) is 5.92 Å². The van der Waals surface area contributed by atoms with E-state index in [1.807, 2.05) is 0 Å². The Kier molecular flexibility index (Phi) is 12.8. The first kappa shape index (κ1) is 35.8. The standard InChI is InChI=1S/C13H15NO6S.C10H12N2O5S.C2H3ClO/c1-6(15)3-9-11(17)14-10(13(18)19)8(4-20-7(2)16)5-21-12(9)14;1-4(13)17-2-5-3-18-9-6(11)8(14)12(9)7(5)10(15)16;1-2(3)4/h9,12H,3-5H2,1-2H3,(H,18,19);6,9H,2-3,11H2,1H3,(H,15,16);1H3. The van der Waals surface area contributed by atoms with Crippen LogP contribution in [0.25, 0.3) is 0 Å². The number of rotatable bonds is 8. The first-order valence-corrected chi connectivity index (χ1v) is 14.9. The van der Waals surface area contributed by atoms with Crippen LogP contribution in [0.15, 0.2) is 22.5 Å². The molecule has 4 rings (SSSR count). The number of carboxylic acids is 2. The number of esters is 2. The van der Waals surface area contributed by atoms with Gasteiger partial charge in [-0.3, -0.25) is 33.8 Å². The van der Waals surface area contributed by atoms with Crippen LogP contribution < -0.4 is 5.73 Å². The summed E-state index contributed by atoms with van der Waals surface area (Å²) >= 11 is 7.40. The number of amides is 2. The van der Waals surface area contributed by atoms with Crippen LogP contribution in [0.2, 0.25) is 0 Å². The van der Waals surface area contributed by atoms with E-state index in [0.717, 1.165) is 0 Å². The summed E-state index contributed by atoms with van der Waals surface area (Å²) in [5.74, 6) is -4.02. The number of aliphatic carboxylic acids is 2. The number of carbonyl (C=O) groups excluding carboxylic acids is 6. The molecule has 0 saturated carbocycles. The Hall–Kier alpha value is -3.41. The van der Waals surface area contributed by atoms with E-state index in [0.29, 0.717) is 22.7 Å². The molecule has 43 heavy (non-hydrogen) atoms. The molecule has 4 aliphatic heterocycles. The fourth-order valence-electron chi connectivity index (χ4n) is 4.31. The molecule has 4 unspecified atom stereocenters. The first-order valence-electron chi connectivity index (χ1n) is 12.5. The molecule has 18 heteroatoms. The Morgan fingerprint density at radius 2 is 1.21 bits per heavy atom. The van der Waals surface area contributed by atoms with Gasteiger partial charge in [0.15, 0.2) is 0 Å². The van der Waals surface area contributed by atoms with Gasteiger partial charge in [-0.1, -0.05) is 0 Å². The molecule has 236 valence electrons. The third-order valence-electron chi connectivity index (χ3n) is 6.06. The number of nitrogens with two attached hydrogens (primary N) is 1. The summed E-state index contributed by atoms with van der Waals surface area (Å²) in [4.78, 5) is 90.6. The lowest BCUT2D eigenvalue weighted by molar-refractivity contribution is -0.154. The van der Waals surface area contributed by atoms with E-state index in [4.69, 9.17) is 20.3 Å². The largest absolute Gasteiger partial charge is 0.477 e. The Morgan fingerprint density at radius 1 is 0.814 bits per heavy atom. The molecule has 4 heterocycles. The number of carbonyl (C=O) groups is 8. The molecular formula is C25H30ClN3O12S2. The number of fused-ring (bicyclic) bond motifs is 2. The Morgan fingerprint density at radius 3 is 1.58 bits per heavy atom. The predicted molar refractivity (Wildman–Crippen MR) is 152 cm³/mol. The number of Topliss-reactive ketones (excluding diaryl/α,β-unsaturated/α-hetero) is 1. The summed E-state index contributed by atoms with van der Waals surface area (Å²) in [7, 11) is 0. The predicted octanol–water partition coefficient (Wildman–Crippen LogP) is 0.301. The second kappa shape index (κ2) is 15.4. The third kappa shape index (κ3) is 8.81. The van der Waals surface area contributed by atoms with Crippen molar-refractivity contribution in [3.05, 3.63) is 22.5 Å². The normalized spacial score (nSPS) is 23.6. The highest BCUT2D eigenvalue weighted by Crippen LogP contribution is 2.45. The van der Waals surface area contributed by atoms with Gasteiger partial charge in [0.05, 0.1) is 11.3 Å². The van der Waals surface area contributed by atoms with Crippen LogP contribution in [0.1, 0.15) is 34.1 Å². The van der Waals surface area contributed by atoms with Crippen molar-refractivity contribution in [1.82, 2.24) is 9.80 Å². The molecule has 2 saturated heterocycles. The number of thioether (sulfide) groups is 2. The molecule has 4 atom stereocenters. The van der Waals surface area contributed by atoms with Crippen molar-refractivity contribution in [1.29, 1.82) is 0 Å². The zero-order valence-corrected chi connectivity index (χ0v) is 25.9. The number of ether oxygens (including phenoxy) is 2. The van der Waals surface area contributed by atoms with Crippen LogP contribution in [0.4, 0.5) is 0 Å². The molecular weight excluding hydrogens is 634 g/mol. The zero-order chi connectivity index (χ0) is 32.8. The van der Waals surface area contributed by atoms with Crippen LogP contribution in [0.3, 0.4) is 0 Å². The molecule has 15 nitrogen and oxygen atoms in total. The van der Waals surface area contributed by atoms with Crippen molar-refractivity contribution in [2.75, 3.05) is 24.7 Å². The fourth-order valence-corrected chi connectivity index (χ4v) is 6.98. The zero-order valence-electron chi connectivity index (χ0n) is 23.5. The van der Waals surface area contributed by atoms with E-state index >= 15 is 0 Å². The lowest BCUT2D eigenvalue weighted by atomic mass is 9.91. The lowest BCUT2D eigenvalue weighted by Crippen LogP contribution is -2.68. The Labute approximate surface area is 259 Å². The summed E-state index contributed by atoms with van der Waals surface area (Å²) in [6, 6.07) is -0.653. The number of carboxylic acid groups (broad SMARTS) is 2. The third-order valence-corrected chi connectivity index (χ3v) is 8.81. The summed E-state index contributed by atoms with van der Waals surface area (Å²) in [5, 5.41) is 17.5. The number of ketones is 1. The van der Waals surface area contributed by atoms with Crippen molar-refractivity contribution in [3.8, 4) is 0 Å². The van der Waals surface area contributed by atoms with Crippen molar-refractivity contribution >= 4 is 81.8 Å². The Bertz CT molecular complexity index is 1300. The summed E-state index contributed by atoms with van der Waals surface area (Å²) in [6.07, 6.45) is 0.124. The Balaban J connectivity index is 0.000000269. The van der Waals surface area contributed by atoms with E-state index in [2.05, 4.69) is 11.6 Å². The maximum Gasteiger partial charge on any atom is 0.352 e. The van der Waals surface area contributed by atoms with Gasteiger partial charge in [0.2, 0.25) is 17.1 Å². The summed E-state index contributed by atoms with van der Waals surface area (Å²) < 4.78 is 9.62. The molecule has 0 aromatic carbocycles. The minimum Gasteiger partial charge on any atom is -0.477 e. The van der Waals surface area contributed by atoms with Gasteiger partial charge in [-0.2, -0.15) is 0 Å². The molecule has 4 aliphatic rings. The van der Waals surface area contributed by atoms with Crippen LogP contribution in [0.5, 0.6) is 0 Å². The smallest absolute Gasteiger partial charge is 0.352 e. The van der Waals surface area contributed by atoms with Gasteiger partial charge in [-0.05, 0) is 18.5 Å². The molecule has 0 bridgehead atoms. The van der Waals surface area contributed by atoms with Crippen LogP contribution >= 0.6 is 35.1 Å². The van der Waals surface area contributed by atoms with E-state index in [1.54, 1.807) is 0 Å². The molecule has 0 aromatic heterocycles. The molecule has 4 N–H and O–H groups in total. The second-order valence-electron chi connectivity index (χ2n) is 9.40. The quantitative estimate of drug-likeness (QED) is 0.180. The minimum absolute atomic E-state index is 0.0971. The van der Waals surface area contributed by atoms with E-state index in [-0.39, 0.29) is 58.7 Å². The van der Waals surface area contributed by atoms with E-state index in [9.17, 15) is 43.5 Å². The second-order valence-corrected chi connectivity index (χ2v) is 12.1. The van der Waals surface area contributed by atoms with Gasteiger partial charge in [0.1, 0.15) is 41.8 Å². The van der Waals surface area contributed by atoms with Crippen molar-refractivity contribution < 1.29 is 58.0 Å². The maximum absolute atomic E-state index is 12.1. The van der Waals surface area contributed by atoms with Crippen LogP contribution in [-0.2, 0) is 47.8 Å². The fraction of sp³-hybridized carbons (Fsp3) is 0.520. The highest BCUT2D eigenvalue weighted by Gasteiger charge is 2.54. The first-order chi connectivity index (χ1) is 20.0. The van der Waals surface area contributed by atoms with E-state index in [1.165, 1.54) is 61.0 Å². The number of halogens is 1. The average Bonchev–Trinajstić information content (AvgIpc) is 2.91. The highest BCUT2D eigenvalue weighted by molar-refractivity contribution is 8.00. The van der Waals surface area contributed by atoms with Gasteiger partial charge in [0, 0.05) is 49.8 Å². The van der Waals surface area contributed by atoms with Gasteiger partial charge in [0.25, 0.3) is 0 Å². The average molecular weight is 664 g/mol. The van der Waals surface area contributed by atoms with E-state index < -0.39 is 41.7 Å². The highest BCUT2D eigenvalue weighted by atomic mass is 35.5. The number of hydrogen-bond donors (Lipinski definition) is 3. The minimum atomic E-state index is -1.22. The molecule has 0 radical (unpaired) electrons. The summed E-state index contributed by atoms with van der Waals surface area (Å²) in [5.41, 5.74) is 6.18. The van der Waals surface area contributed by atoms with Gasteiger partial charge >= 0.3 is 23.9 Å². The number of hydrogen-bond acceptors (Lipinski definition) is 13. The molecule has 0 aromatic rings. The monoisotopic (exact) mass is 663 g/mol. The molecule has 2 amide bonds. The SMILES string of the molecule is CC(=O)CC1C(=O)N2C(C(=O)O)=C(COC(C)=O)CSC12.CC(=O)Cl.CC(=O)OCC1=C(C(=O)O)N2C(=O)C(N)C2SC1. The topological polar surface area (TPSA) is 228 Å². The van der Waals surface area contributed by atoms with Gasteiger partial charge in [-0.25, -0.2) is 9.59 Å². The molecule has 0 aliphatic carbocycles. The number of nitrogens with zero attached hydrogens (tertiary/aromatic N) is 2. The van der Waals surface area contributed by atoms with Crippen molar-refractivity contribution in [2.24, 2.45) is 11.7 Å². The van der Waals surface area contributed by atoms with Crippen LogP contribution in [-0.4, -0.2) is 108 Å².